The van der Waals surface area contributed by atoms with Crippen molar-refractivity contribution < 1.29 is 14.3 Å². The first kappa shape index (κ1) is 19.8. The van der Waals surface area contributed by atoms with Crippen LogP contribution in [0, 0.1) is 13.8 Å². The summed E-state index contributed by atoms with van der Waals surface area (Å²) in [5, 5.41) is 2.88. The van der Waals surface area contributed by atoms with Gasteiger partial charge in [0.1, 0.15) is 0 Å². The molecule has 5 heteroatoms. The first-order chi connectivity index (χ1) is 12.4. The third-order valence-corrected chi connectivity index (χ3v) is 4.56. The number of nitrogens with one attached hydrogen (secondary N) is 1. The molecule has 0 fully saturated rings. The number of carbonyl (C=O) groups excluding carboxylic acids is 2. The summed E-state index contributed by atoms with van der Waals surface area (Å²) in [5.74, 6) is -0.729. The van der Waals surface area contributed by atoms with E-state index in [-0.39, 0.29) is 18.6 Å². The van der Waals surface area contributed by atoms with Crippen molar-refractivity contribution in [1.82, 2.24) is 9.88 Å². The van der Waals surface area contributed by atoms with Crippen LogP contribution in [0.4, 0.5) is 0 Å². The summed E-state index contributed by atoms with van der Waals surface area (Å²) in [4.78, 5) is 24.3. The van der Waals surface area contributed by atoms with E-state index in [1.54, 1.807) is 0 Å². The SMILES string of the molecule is CCn1c(C)cc(C(=O)OCC(=O)N[C@H](C)CCc2ccccc2)c1C. The van der Waals surface area contributed by atoms with Gasteiger partial charge in [0.15, 0.2) is 6.61 Å². The molecular formula is C21H28N2O3. The molecule has 2 aromatic rings. The quantitative estimate of drug-likeness (QED) is 0.737. The second-order valence-electron chi connectivity index (χ2n) is 6.60. The van der Waals surface area contributed by atoms with E-state index >= 15 is 0 Å². The summed E-state index contributed by atoms with van der Waals surface area (Å²) < 4.78 is 7.23. The van der Waals surface area contributed by atoms with E-state index in [0.717, 1.165) is 30.8 Å². The van der Waals surface area contributed by atoms with Gasteiger partial charge < -0.3 is 14.6 Å². The number of nitrogens with zero attached hydrogens (tertiary/aromatic N) is 1. The average molecular weight is 356 g/mol. The van der Waals surface area contributed by atoms with E-state index < -0.39 is 5.97 Å². The van der Waals surface area contributed by atoms with Gasteiger partial charge in [-0.3, -0.25) is 4.79 Å². The molecule has 0 unspecified atom stereocenters. The normalized spacial score (nSPS) is 11.8. The maximum atomic E-state index is 12.2. The monoisotopic (exact) mass is 356 g/mol. The minimum atomic E-state index is -0.454. The zero-order chi connectivity index (χ0) is 19.1. The van der Waals surface area contributed by atoms with E-state index in [1.807, 2.05) is 56.5 Å². The molecule has 140 valence electrons. The van der Waals surface area contributed by atoms with E-state index in [4.69, 9.17) is 4.74 Å². The van der Waals surface area contributed by atoms with Crippen molar-refractivity contribution >= 4 is 11.9 Å². The maximum absolute atomic E-state index is 12.2. The highest BCUT2D eigenvalue weighted by atomic mass is 16.5. The van der Waals surface area contributed by atoms with Crippen LogP contribution in [-0.2, 0) is 22.5 Å². The molecule has 0 aliphatic carbocycles. The Hall–Kier alpha value is -2.56. The zero-order valence-electron chi connectivity index (χ0n) is 16.0. The summed E-state index contributed by atoms with van der Waals surface area (Å²) in [7, 11) is 0. The van der Waals surface area contributed by atoms with Crippen LogP contribution in [0.1, 0.15) is 47.6 Å². The van der Waals surface area contributed by atoms with Crippen LogP contribution < -0.4 is 5.32 Å². The van der Waals surface area contributed by atoms with Crippen molar-refractivity contribution in [3.8, 4) is 0 Å². The van der Waals surface area contributed by atoms with Gasteiger partial charge in [-0.15, -0.1) is 0 Å². The number of aromatic nitrogens is 1. The summed E-state index contributed by atoms with van der Waals surface area (Å²) in [5.41, 5.74) is 3.64. The summed E-state index contributed by atoms with van der Waals surface area (Å²) >= 11 is 0. The van der Waals surface area contributed by atoms with Crippen molar-refractivity contribution in [3.63, 3.8) is 0 Å². The van der Waals surface area contributed by atoms with Crippen LogP contribution in [-0.4, -0.2) is 29.1 Å². The first-order valence-corrected chi connectivity index (χ1v) is 9.09. The number of rotatable bonds is 8. The van der Waals surface area contributed by atoms with Gasteiger partial charge in [0.25, 0.3) is 5.91 Å². The Morgan fingerprint density at radius 3 is 2.50 bits per heavy atom. The van der Waals surface area contributed by atoms with Gasteiger partial charge in [0.2, 0.25) is 0 Å². The van der Waals surface area contributed by atoms with Crippen molar-refractivity contribution in [2.75, 3.05) is 6.61 Å². The number of aryl methyl sites for hydroxylation is 2. The standard InChI is InChI=1S/C21H28N2O3/c1-5-23-16(3)13-19(17(23)4)21(25)26-14-20(24)22-15(2)11-12-18-9-7-6-8-10-18/h6-10,13,15H,5,11-12,14H2,1-4H3,(H,22,24)/t15-/m1/s1. The van der Waals surface area contributed by atoms with Crippen molar-refractivity contribution in [3.05, 3.63) is 58.9 Å². The highest BCUT2D eigenvalue weighted by Gasteiger charge is 2.18. The van der Waals surface area contributed by atoms with Crippen molar-refractivity contribution in [2.24, 2.45) is 0 Å². The third kappa shape index (κ3) is 5.22. The fourth-order valence-corrected chi connectivity index (χ4v) is 3.12. The topological polar surface area (TPSA) is 60.3 Å². The van der Waals surface area contributed by atoms with E-state index in [0.29, 0.717) is 5.56 Å². The molecule has 0 aliphatic heterocycles. The van der Waals surface area contributed by atoms with Gasteiger partial charge in [0, 0.05) is 24.0 Å². The fourth-order valence-electron chi connectivity index (χ4n) is 3.12. The molecule has 0 saturated carbocycles. The summed E-state index contributed by atoms with van der Waals surface area (Å²) in [6.07, 6.45) is 1.73. The number of benzene rings is 1. The van der Waals surface area contributed by atoms with Crippen molar-refractivity contribution in [2.45, 2.75) is 53.1 Å². The molecule has 0 radical (unpaired) electrons. The fraction of sp³-hybridized carbons (Fsp3) is 0.429. The minimum Gasteiger partial charge on any atom is -0.452 e. The van der Waals surface area contributed by atoms with Crippen molar-refractivity contribution in [1.29, 1.82) is 0 Å². The Balaban J connectivity index is 1.78. The molecule has 1 amide bonds. The lowest BCUT2D eigenvalue weighted by Crippen LogP contribution is -2.36. The molecule has 0 spiro atoms. The maximum Gasteiger partial charge on any atom is 0.340 e. The Morgan fingerprint density at radius 1 is 1.19 bits per heavy atom. The van der Waals surface area contributed by atoms with Crippen LogP contribution in [0.3, 0.4) is 0 Å². The van der Waals surface area contributed by atoms with Gasteiger partial charge in [-0.25, -0.2) is 4.79 Å². The molecule has 1 heterocycles. The highest BCUT2D eigenvalue weighted by molar-refractivity contribution is 5.92. The minimum absolute atomic E-state index is 0.0200. The molecule has 5 nitrogen and oxygen atoms in total. The average Bonchev–Trinajstić information content (AvgIpc) is 2.92. The molecule has 2 rings (SSSR count). The van der Waals surface area contributed by atoms with E-state index in [1.165, 1.54) is 5.56 Å². The summed E-state index contributed by atoms with van der Waals surface area (Å²) in [6, 6.07) is 12.0. The molecule has 26 heavy (non-hydrogen) atoms. The van der Waals surface area contributed by atoms with Crippen LogP contribution in [0.5, 0.6) is 0 Å². The lowest BCUT2D eigenvalue weighted by atomic mass is 10.1. The molecule has 0 aliphatic rings. The Kier molecular flexibility index (Phi) is 7.01. The lowest BCUT2D eigenvalue weighted by molar-refractivity contribution is -0.124. The van der Waals surface area contributed by atoms with Gasteiger partial charge in [-0.05, 0) is 52.2 Å². The van der Waals surface area contributed by atoms with Crippen LogP contribution in [0.2, 0.25) is 0 Å². The molecule has 1 aromatic heterocycles. The number of hydrogen-bond acceptors (Lipinski definition) is 3. The van der Waals surface area contributed by atoms with E-state index in [2.05, 4.69) is 17.4 Å². The molecule has 0 saturated heterocycles. The van der Waals surface area contributed by atoms with Gasteiger partial charge in [-0.1, -0.05) is 30.3 Å². The second-order valence-corrected chi connectivity index (χ2v) is 6.60. The molecule has 1 atom stereocenters. The predicted molar refractivity (Wildman–Crippen MR) is 102 cm³/mol. The molecule has 0 bridgehead atoms. The second kappa shape index (κ2) is 9.22. The first-order valence-electron chi connectivity index (χ1n) is 9.09. The number of amides is 1. The molecular weight excluding hydrogens is 328 g/mol. The van der Waals surface area contributed by atoms with Crippen LogP contribution >= 0.6 is 0 Å². The van der Waals surface area contributed by atoms with Gasteiger partial charge >= 0.3 is 5.97 Å². The highest BCUT2D eigenvalue weighted by Crippen LogP contribution is 2.16. The van der Waals surface area contributed by atoms with Crippen LogP contribution in [0.25, 0.3) is 0 Å². The van der Waals surface area contributed by atoms with Crippen LogP contribution in [0.15, 0.2) is 36.4 Å². The Morgan fingerprint density at radius 2 is 1.88 bits per heavy atom. The molecule has 1 aromatic carbocycles. The Labute approximate surface area is 155 Å². The summed E-state index contributed by atoms with van der Waals surface area (Å²) in [6.45, 7) is 8.36. The largest absolute Gasteiger partial charge is 0.452 e. The lowest BCUT2D eigenvalue weighted by Gasteiger charge is -2.14. The number of hydrogen-bond donors (Lipinski definition) is 1. The molecule has 1 N–H and O–H groups in total. The number of esters is 1. The van der Waals surface area contributed by atoms with Gasteiger partial charge in [0.05, 0.1) is 5.56 Å². The van der Waals surface area contributed by atoms with E-state index in [9.17, 15) is 9.59 Å². The number of ether oxygens (including phenoxy) is 1. The number of carbonyl (C=O) groups is 2. The van der Waals surface area contributed by atoms with Gasteiger partial charge in [-0.2, -0.15) is 0 Å². The smallest absolute Gasteiger partial charge is 0.340 e. The zero-order valence-corrected chi connectivity index (χ0v) is 16.0. The Bertz CT molecular complexity index is 750. The third-order valence-electron chi connectivity index (χ3n) is 4.56. The predicted octanol–water partition coefficient (Wildman–Crippen LogP) is 3.42.